The summed E-state index contributed by atoms with van der Waals surface area (Å²) in [7, 11) is 3.51. The Morgan fingerprint density at radius 2 is 2.38 bits per heavy atom. The Hall–Kier alpha value is -2.11. The van der Waals surface area contributed by atoms with E-state index in [4.69, 9.17) is 5.11 Å². The second kappa shape index (κ2) is 3.80. The zero-order valence-corrected chi connectivity index (χ0v) is 9.08. The zero-order valence-electron chi connectivity index (χ0n) is 9.08. The molecule has 0 aliphatic carbocycles. The number of imidazole rings is 1. The van der Waals surface area contributed by atoms with E-state index >= 15 is 0 Å². The molecule has 16 heavy (non-hydrogen) atoms. The van der Waals surface area contributed by atoms with Gasteiger partial charge in [-0.2, -0.15) is 0 Å². The fourth-order valence-electron chi connectivity index (χ4n) is 1.63. The molecule has 0 bridgehead atoms. The van der Waals surface area contributed by atoms with E-state index in [-0.39, 0.29) is 6.54 Å². The van der Waals surface area contributed by atoms with Gasteiger partial charge < -0.3 is 10.0 Å². The minimum Gasteiger partial charge on any atom is -0.480 e. The van der Waals surface area contributed by atoms with Crippen LogP contribution in [0.25, 0.3) is 11.2 Å². The van der Waals surface area contributed by atoms with Crippen LogP contribution in [-0.4, -0.2) is 39.2 Å². The molecule has 1 N–H and O–H groups in total. The standard InChI is InChI=1S/C10H12N4O2/c1-13(6-8(15)16)10-12-7-4-3-5-11-9(7)14(10)2/h3-5H,6H2,1-2H3,(H,15,16). The number of nitrogens with zero attached hydrogens (tertiary/aromatic N) is 4. The number of hydrogen-bond donors (Lipinski definition) is 1. The maximum absolute atomic E-state index is 10.6. The molecule has 84 valence electrons. The second-order valence-corrected chi connectivity index (χ2v) is 3.57. The topological polar surface area (TPSA) is 71.2 Å². The number of carbonyl (C=O) groups is 1. The van der Waals surface area contributed by atoms with Crippen molar-refractivity contribution in [3.63, 3.8) is 0 Å². The molecule has 0 aliphatic heterocycles. The molecule has 0 saturated heterocycles. The highest BCUT2D eigenvalue weighted by Gasteiger charge is 2.13. The molecule has 0 saturated carbocycles. The Kier molecular flexibility index (Phi) is 2.47. The number of rotatable bonds is 3. The summed E-state index contributed by atoms with van der Waals surface area (Å²) in [4.78, 5) is 20.7. The lowest BCUT2D eigenvalue weighted by Gasteiger charge is -2.14. The fourth-order valence-corrected chi connectivity index (χ4v) is 1.63. The third-order valence-corrected chi connectivity index (χ3v) is 2.32. The molecule has 0 atom stereocenters. The van der Waals surface area contributed by atoms with Gasteiger partial charge in [-0.3, -0.25) is 9.36 Å². The van der Waals surface area contributed by atoms with Gasteiger partial charge >= 0.3 is 5.97 Å². The molecule has 0 amide bonds. The van der Waals surface area contributed by atoms with Crippen LogP contribution in [0.5, 0.6) is 0 Å². The second-order valence-electron chi connectivity index (χ2n) is 3.57. The number of anilines is 1. The highest BCUT2D eigenvalue weighted by Crippen LogP contribution is 2.17. The molecule has 0 radical (unpaired) electrons. The number of fused-ring (bicyclic) bond motifs is 1. The maximum atomic E-state index is 10.6. The van der Waals surface area contributed by atoms with Gasteiger partial charge in [0.15, 0.2) is 5.65 Å². The van der Waals surface area contributed by atoms with Gasteiger partial charge in [-0.1, -0.05) is 0 Å². The summed E-state index contributed by atoms with van der Waals surface area (Å²) in [6.45, 7) is -0.0861. The molecule has 6 heteroatoms. The average Bonchev–Trinajstić information content (AvgIpc) is 2.56. The van der Waals surface area contributed by atoms with E-state index in [0.717, 1.165) is 11.2 Å². The van der Waals surface area contributed by atoms with Crippen LogP contribution in [0.3, 0.4) is 0 Å². The molecule has 0 aliphatic rings. The first kappa shape index (κ1) is 10.4. The van der Waals surface area contributed by atoms with Crippen molar-refractivity contribution < 1.29 is 9.90 Å². The predicted molar refractivity (Wildman–Crippen MR) is 59.4 cm³/mol. The highest BCUT2D eigenvalue weighted by atomic mass is 16.4. The van der Waals surface area contributed by atoms with Gasteiger partial charge in [-0.15, -0.1) is 0 Å². The van der Waals surface area contributed by atoms with E-state index in [0.29, 0.717) is 5.95 Å². The summed E-state index contributed by atoms with van der Waals surface area (Å²) < 4.78 is 1.78. The molecule has 2 aromatic rings. The smallest absolute Gasteiger partial charge is 0.323 e. The SMILES string of the molecule is CN(CC(=O)O)c1nc2cccnc2n1C. The Balaban J connectivity index is 2.45. The van der Waals surface area contributed by atoms with Crippen molar-refractivity contribution in [3.05, 3.63) is 18.3 Å². The summed E-state index contributed by atoms with van der Waals surface area (Å²) >= 11 is 0. The molecule has 6 nitrogen and oxygen atoms in total. The summed E-state index contributed by atoms with van der Waals surface area (Å²) in [5, 5.41) is 8.72. The number of hydrogen-bond acceptors (Lipinski definition) is 4. The number of likely N-dealkylation sites (N-methyl/N-ethyl adjacent to an activating group) is 1. The normalized spacial score (nSPS) is 10.6. The fraction of sp³-hybridized carbons (Fsp3) is 0.300. The Morgan fingerprint density at radius 1 is 1.62 bits per heavy atom. The lowest BCUT2D eigenvalue weighted by molar-refractivity contribution is -0.135. The lowest BCUT2D eigenvalue weighted by atomic mass is 10.4. The minimum absolute atomic E-state index is 0.0861. The maximum Gasteiger partial charge on any atom is 0.323 e. The van der Waals surface area contributed by atoms with Gasteiger partial charge in [0, 0.05) is 20.3 Å². The predicted octanol–water partition coefficient (Wildman–Crippen LogP) is 0.489. The van der Waals surface area contributed by atoms with Crippen molar-refractivity contribution in [1.29, 1.82) is 0 Å². The monoisotopic (exact) mass is 220 g/mol. The van der Waals surface area contributed by atoms with Crippen LogP contribution in [0, 0.1) is 0 Å². The molecule has 2 heterocycles. The van der Waals surface area contributed by atoms with Gasteiger partial charge in [-0.25, -0.2) is 9.97 Å². The number of aryl methyl sites for hydroxylation is 1. The molecular weight excluding hydrogens is 208 g/mol. The number of carboxylic acid groups (broad SMARTS) is 1. The number of aromatic nitrogens is 3. The van der Waals surface area contributed by atoms with Gasteiger partial charge in [0.1, 0.15) is 12.1 Å². The Labute approximate surface area is 92.1 Å². The van der Waals surface area contributed by atoms with E-state index in [2.05, 4.69) is 9.97 Å². The average molecular weight is 220 g/mol. The first-order valence-electron chi connectivity index (χ1n) is 4.80. The Bertz CT molecular complexity index is 535. The number of pyridine rings is 1. The van der Waals surface area contributed by atoms with E-state index in [1.54, 1.807) is 28.8 Å². The first-order valence-corrected chi connectivity index (χ1v) is 4.80. The molecule has 0 aromatic carbocycles. The van der Waals surface area contributed by atoms with Crippen molar-refractivity contribution >= 4 is 23.1 Å². The minimum atomic E-state index is -0.887. The van der Waals surface area contributed by atoms with E-state index in [9.17, 15) is 4.79 Å². The molecular formula is C10H12N4O2. The van der Waals surface area contributed by atoms with Crippen LogP contribution < -0.4 is 4.90 Å². The lowest BCUT2D eigenvalue weighted by Crippen LogP contribution is -2.27. The van der Waals surface area contributed by atoms with Crippen molar-refractivity contribution in [3.8, 4) is 0 Å². The summed E-state index contributed by atoms with van der Waals surface area (Å²) in [5.74, 6) is -0.293. The van der Waals surface area contributed by atoms with E-state index in [1.807, 2.05) is 13.1 Å². The van der Waals surface area contributed by atoms with Gasteiger partial charge in [0.25, 0.3) is 0 Å². The van der Waals surface area contributed by atoms with Crippen LogP contribution in [0.1, 0.15) is 0 Å². The third-order valence-electron chi connectivity index (χ3n) is 2.32. The molecule has 0 spiro atoms. The van der Waals surface area contributed by atoms with Crippen molar-refractivity contribution in [2.75, 3.05) is 18.5 Å². The Morgan fingerprint density at radius 3 is 3.00 bits per heavy atom. The van der Waals surface area contributed by atoms with E-state index in [1.165, 1.54) is 0 Å². The summed E-state index contributed by atoms with van der Waals surface area (Å²) in [6, 6.07) is 3.65. The first-order chi connectivity index (χ1) is 7.59. The van der Waals surface area contributed by atoms with Crippen molar-refractivity contribution in [2.45, 2.75) is 0 Å². The highest BCUT2D eigenvalue weighted by molar-refractivity contribution is 5.77. The van der Waals surface area contributed by atoms with Crippen molar-refractivity contribution in [1.82, 2.24) is 14.5 Å². The summed E-state index contributed by atoms with van der Waals surface area (Å²) in [6.07, 6.45) is 1.69. The molecule has 0 unspecified atom stereocenters. The van der Waals surface area contributed by atoms with Gasteiger partial charge in [-0.05, 0) is 12.1 Å². The largest absolute Gasteiger partial charge is 0.480 e. The number of aliphatic carboxylic acids is 1. The quantitative estimate of drug-likeness (QED) is 0.815. The van der Waals surface area contributed by atoms with Crippen LogP contribution in [0.2, 0.25) is 0 Å². The third kappa shape index (κ3) is 1.69. The number of carboxylic acids is 1. The zero-order chi connectivity index (χ0) is 11.7. The van der Waals surface area contributed by atoms with Gasteiger partial charge in [0.05, 0.1) is 0 Å². The van der Waals surface area contributed by atoms with E-state index < -0.39 is 5.97 Å². The summed E-state index contributed by atoms with van der Waals surface area (Å²) in [5.41, 5.74) is 1.51. The van der Waals surface area contributed by atoms with Gasteiger partial charge in [0.2, 0.25) is 5.95 Å². The molecule has 2 aromatic heterocycles. The van der Waals surface area contributed by atoms with Crippen LogP contribution in [-0.2, 0) is 11.8 Å². The van der Waals surface area contributed by atoms with Crippen LogP contribution >= 0.6 is 0 Å². The molecule has 0 fully saturated rings. The van der Waals surface area contributed by atoms with Crippen molar-refractivity contribution in [2.24, 2.45) is 7.05 Å². The molecule has 2 rings (SSSR count). The van der Waals surface area contributed by atoms with Crippen LogP contribution in [0.15, 0.2) is 18.3 Å². The van der Waals surface area contributed by atoms with Crippen LogP contribution in [0.4, 0.5) is 5.95 Å².